The molecule has 0 aliphatic carbocycles. The Bertz CT molecular complexity index is 587. The molecular weight excluding hydrogens is 279 g/mol. The highest BCUT2D eigenvalue weighted by molar-refractivity contribution is 7.98. The quantitative estimate of drug-likeness (QED) is 0.648. The maximum atomic E-state index is 13.5. The summed E-state index contributed by atoms with van der Waals surface area (Å²) in [5.74, 6) is -0.329. The first-order valence-corrected chi connectivity index (χ1v) is 7.29. The van der Waals surface area contributed by atoms with Gasteiger partial charge in [0.15, 0.2) is 5.11 Å². The van der Waals surface area contributed by atoms with E-state index >= 15 is 0 Å². The van der Waals surface area contributed by atoms with Crippen molar-refractivity contribution in [2.24, 2.45) is 0 Å². The van der Waals surface area contributed by atoms with Crippen LogP contribution in [0.4, 0.5) is 15.8 Å². The van der Waals surface area contributed by atoms with Crippen molar-refractivity contribution in [3.63, 3.8) is 0 Å². The summed E-state index contributed by atoms with van der Waals surface area (Å²) in [6.45, 7) is 0. The minimum Gasteiger partial charge on any atom is -0.332 e. The Morgan fingerprint density at radius 2 is 1.58 bits per heavy atom. The molecule has 2 N–H and O–H groups in total. The molecular formula is C14H13FN2S2. The van der Waals surface area contributed by atoms with Crippen LogP contribution in [-0.4, -0.2) is 11.4 Å². The second-order valence-electron chi connectivity index (χ2n) is 3.76. The fraction of sp³-hybridized carbons (Fsp3) is 0.0714. The van der Waals surface area contributed by atoms with E-state index in [1.807, 2.05) is 30.5 Å². The molecule has 0 unspecified atom stereocenters. The fourth-order valence-electron chi connectivity index (χ4n) is 1.59. The minimum atomic E-state index is -0.329. The molecule has 19 heavy (non-hydrogen) atoms. The van der Waals surface area contributed by atoms with Crippen molar-refractivity contribution < 1.29 is 4.39 Å². The Kier molecular flexibility index (Phi) is 4.76. The molecule has 0 aliphatic rings. The highest BCUT2D eigenvalue weighted by Gasteiger charge is 2.05. The molecule has 5 heteroatoms. The zero-order valence-electron chi connectivity index (χ0n) is 10.3. The van der Waals surface area contributed by atoms with Crippen LogP contribution >= 0.6 is 24.0 Å². The van der Waals surface area contributed by atoms with Gasteiger partial charge in [-0.1, -0.05) is 24.3 Å². The van der Waals surface area contributed by atoms with E-state index in [4.69, 9.17) is 12.2 Å². The van der Waals surface area contributed by atoms with Gasteiger partial charge in [0.05, 0.1) is 11.4 Å². The van der Waals surface area contributed by atoms with E-state index in [1.54, 1.807) is 30.0 Å². The van der Waals surface area contributed by atoms with Crippen LogP contribution in [0.3, 0.4) is 0 Å². The maximum Gasteiger partial charge on any atom is 0.175 e. The highest BCUT2D eigenvalue weighted by atomic mass is 32.2. The van der Waals surface area contributed by atoms with E-state index in [0.717, 1.165) is 10.6 Å². The normalized spacial score (nSPS) is 10.0. The lowest BCUT2D eigenvalue weighted by molar-refractivity contribution is 0.632. The number of thiocarbonyl (C=S) groups is 1. The topological polar surface area (TPSA) is 24.1 Å². The number of hydrogen-bond donors (Lipinski definition) is 2. The molecule has 0 heterocycles. The van der Waals surface area contributed by atoms with E-state index in [1.165, 1.54) is 6.07 Å². The maximum absolute atomic E-state index is 13.5. The van der Waals surface area contributed by atoms with Gasteiger partial charge in [0.25, 0.3) is 0 Å². The lowest BCUT2D eigenvalue weighted by atomic mass is 10.3. The van der Waals surface area contributed by atoms with Crippen molar-refractivity contribution in [1.29, 1.82) is 0 Å². The van der Waals surface area contributed by atoms with Gasteiger partial charge in [0.1, 0.15) is 5.82 Å². The first-order chi connectivity index (χ1) is 9.20. The van der Waals surface area contributed by atoms with Gasteiger partial charge in [0.2, 0.25) is 0 Å². The van der Waals surface area contributed by atoms with Crippen molar-refractivity contribution in [2.45, 2.75) is 4.90 Å². The first-order valence-electron chi connectivity index (χ1n) is 5.66. The molecule has 2 aromatic rings. The van der Waals surface area contributed by atoms with Gasteiger partial charge >= 0.3 is 0 Å². The molecule has 0 radical (unpaired) electrons. The number of thioether (sulfide) groups is 1. The summed E-state index contributed by atoms with van der Waals surface area (Å²) in [5, 5.41) is 6.28. The van der Waals surface area contributed by atoms with E-state index in [-0.39, 0.29) is 5.82 Å². The third-order valence-corrected chi connectivity index (χ3v) is 3.48. The number of benzene rings is 2. The molecule has 0 fully saturated rings. The van der Waals surface area contributed by atoms with Crippen molar-refractivity contribution in [3.8, 4) is 0 Å². The molecule has 98 valence electrons. The van der Waals surface area contributed by atoms with Gasteiger partial charge in [0, 0.05) is 4.90 Å². The highest BCUT2D eigenvalue weighted by Crippen LogP contribution is 2.24. The Morgan fingerprint density at radius 1 is 1.00 bits per heavy atom. The zero-order valence-corrected chi connectivity index (χ0v) is 11.9. The average Bonchev–Trinajstić information content (AvgIpc) is 2.42. The van der Waals surface area contributed by atoms with Crippen LogP contribution in [0, 0.1) is 5.82 Å². The number of nitrogens with one attached hydrogen (secondary N) is 2. The molecule has 2 rings (SSSR count). The van der Waals surface area contributed by atoms with Gasteiger partial charge in [-0.15, -0.1) is 11.8 Å². The zero-order chi connectivity index (χ0) is 13.7. The molecule has 0 atom stereocenters. The van der Waals surface area contributed by atoms with Gasteiger partial charge in [-0.25, -0.2) is 4.39 Å². The first kappa shape index (κ1) is 13.8. The SMILES string of the molecule is CSc1ccccc1NC(=S)Nc1ccccc1F. The number of halogens is 1. The third-order valence-electron chi connectivity index (χ3n) is 2.48. The second-order valence-corrected chi connectivity index (χ2v) is 5.02. The number of para-hydroxylation sites is 2. The summed E-state index contributed by atoms with van der Waals surface area (Å²) in [5.41, 5.74) is 1.27. The Morgan fingerprint density at radius 3 is 2.26 bits per heavy atom. The lowest BCUT2D eigenvalue weighted by Gasteiger charge is -2.13. The lowest BCUT2D eigenvalue weighted by Crippen LogP contribution is -2.20. The summed E-state index contributed by atoms with van der Waals surface area (Å²) < 4.78 is 13.5. The van der Waals surface area contributed by atoms with Crippen LogP contribution in [0.2, 0.25) is 0 Å². The van der Waals surface area contributed by atoms with Gasteiger partial charge in [-0.2, -0.15) is 0 Å². The number of rotatable bonds is 3. The molecule has 0 aliphatic heterocycles. The average molecular weight is 292 g/mol. The van der Waals surface area contributed by atoms with Crippen LogP contribution < -0.4 is 10.6 Å². The molecule has 0 saturated heterocycles. The Balaban J connectivity index is 2.08. The van der Waals surface area contributed by atoms with Crippen molar-refractivity contribution in [1.82, 2.24) is 0 Å². The monoisotopic (exact) mass is 292 g/mol. The molecule has 2 aromatic carbocycles. The van der Waals surface area contributed by atoms with Crippen LogP contribution in [0.25, 0.3) is 0 Å². The predicted octanol–water partition coefficient (Wildman–Crippen LogP) is 4.36. The number of anilines is 2. The van der Waals surface area contributed by atoms with Crippen LogP contribution in [0.15, 0.2) is 53.4 Å². The summed E-state index contributed by atoms with van der Waals surface area (Å²) >= 11 is 6.81. The van der Waals surface area contributed by atoms with Crippen LogP contribution in [0.1, 0.15) is 0 Å². The van der Waals surface area contributed by atoms with E-state index in [2.05, 4.69) is 10.6 Å². The molecule has 0 amide bonds. The summed E-state index contributed by atoms with van der Waals surface area (Å²) in [4.78, 5) is 1.08. The van der Waals surface area contributed by atoms with E-state index < -0.39 is 0 Å². The standard InChI is InChI=1S/C14H13FN2S2/c1-19-13-9-5-4-8-12(13)17-14(18)16-11-7-3-2-6-10(11)15/h2-9H,1H3,(H2,16,17,18). The molecule has 0 saturated carbocycles. The smallest absolute Gasteiger partial charge is 0.175 e. The second kappa shape index (κ2) is 6.54. The third kappa shape index (κ3) is 3.68. The largest absolute Gasteiger partial charge is 0.332 e. The number of hydrogen-bond acceptors (Lipinski definition) is 2. The van der Waals surface area contributed by atoms with Crippen molar-refractivity contribution in [3.05, 3.63) is 54.3 Å². The van der Waals surface area contributed by atoms with Gasteiger partial charge in [-0.05, 0) is 42.7 Å². The summed E-state index contributed by atoms with van der Waals surface area (Å²) in [7, 11) is 0. The predicted molar refractivity (Wildman–Crippen MR) is 84.5 cm³/mol. The van der Waals surface area contributed by atoms with Gasteiger partial charge < -0.3 is 10.6 Å². The molecule has 2 nitrogen and oxygen atoms in total. The van der Waals surface area contributed by atoms with Crippen molar-refractivity contribution in [2.75, 3.05) is 16.9 Å². The Labute approximate surface area is 121 Å². The Hall–Kier alpha value is -1.59. The molecule has 0 aromatic heterocycles. The summed E-state index contributed by atoms with van der Waals surface area (Å²) in [6.07, 6.45) is 1.99. The fourth-order valence-corrected chi connectivity index (χ4v) is 2.36. The van der Waals surface area contributed by atoms with Crippen molar-refractivity contribution >= 4 is 40.5 Å². The van der Waals surface area contributed by atoms with E-state index in [0.29, 0.717) is 10.8 Å². The van der Waals surface area contributed by atoms with E-state index in [9.17, 15) is 4.39 Å². The summed E-state index contributed by atoms with van der Waals surface area (Å²) in [6, 6.07) is 14.2. The molecule has 0 spiro atoms. The minimum absolute atomic E-state index is 0.329. The van der Waals surface area contributed by atoms with Crippen LogP contribution in [0.5, 0.6) is 0 Å². The van der Waals surface area contributed by atoms with Crippen LogP contribution in [-0.2, 0) is 0 Å². The van der Waals surface area contributed by atoms with Gasteiger partial charge in [-0.3, -0.25) is 0 Å². The molecule has 0 bridgehead atoms.